The van der Waals surface area contributed by atoms with Crippen LogP contribution >= 0.6 is 39.1 Å². The van der Waals surface area contributed by atoms with Crippen molar-refractivity contribution in [2.75, 3.05) is 11.9 Å². The van der Waals surface area contributed by atoms with Crippen LogP contribution in [0.4, 0.5) is 10.5 Å². The molecule has 0 atom stereocenters. The molecular weight excluding hydrogens is 375 g/mol. The van der Waals surface area contributed by atoms with Gasteiger partial charge in [0.15, 0.2) is 0 Å². The maximum absolute atomic E-state index is 11.8. The van der Waals surface area contributed by atoms with Crippen LogP contribution in [0, 0.1) is 0 Å². The number of rotatable bonds is 4. The van der Waals surface area contributed by atoms with Gasteiger partial charge in [-0.25, -0.2) is 4.79 Å². The smallest absolute Gasteiger partial charge is 0.319 e. The van der Waals surface area contributed by atoms with Crippen LogP contribution < -0.4 is 10.6 Å². The number of amides is 2. The van der Waals surface area contributed by atoms with Crippen LogP contribution in [0.1, 0.15) is 5.56 Å². The molecular formula is C15H13BrCl2N2O. The molecule has 0 aromatic heterocycles. The summed E-state index contributed by atoms with van der Waals surface area (Å²) in [4.78, 5) is 11.8. The van der Waals surface area contributed by atoms with Crippen molar-refractivity contribution < 1.29 is 4.79 Å². The van der Waals surface area contributed by atoms with Gasteiger partial charge in [0.2, 0.25) is 0 Å². The predicted molar refractivity (Wildman–Crippen MR) is 91.3 cm³/mol. The number of hydrogen-bond acceptors (Lipinski definition) is 1. The number of nitrogens with one attached hydrogen (secondary N) is 2. The molecule has 0 saturated carbocycles. The Morgan fingerprint density at radius 3 is 2.57 bits per heavy atom. The van der Waals surface area contributed by atoms with E-state index < -0.39 is 0 Å². The average molecular weight is 388 g/mol. The largest absolute Gasteiger partial charge is 0.338 e. The number of urea groups is 1. The van der Waals surface area contributed by atoms with Crippen molar-refractivity contribution in [2.24, 2.45) is 0 Å². The zero-order chi connectivity index (χ0) is 15.2. The summed E-state index contributed by atoms with van der Waals surface area (Å²) in [5.41, 5.74) is 1.75. The van der Waals surface area contributed by atoms with Gasteiger partial charge < -0.3 is 10.6 Å². The molecule has 0 radical (unpaired) electrons. The summed E-state index contributed by atoms with van der Waals surface area (Å²) in [6.07, 6.45) is 0.681. The molecule has 2 aromatic carbocycles. The first-order chi connectivity index (χ1) is 10.1. The lowest BCUT2D eigenvalue weighted by molar-refractivity contribution is 0.252. The van der Waals surface area contributed by atoms with Crippen molar-refractivity contribution in [1.82, 2.24) is 5.32 Å². The van der Waals surface area contributed by atoms with Crippen molar-refractivity contribution in [3.63, 3.8) is 0 Å². The van der Waals surface area contributed by atoms with E-state index >= 15 is 0 Å². The summed E-state index contributed by atoms with van der Waals surface area (Å²) in [6, 6.07) is 12.6. The zero-order valence-electron chi connectivity index (χ0n) is 11.0. The normalized spacial score (nSPS) is 10.2. The second-order valence-electron chi connectivity index (χ2n) is 4.36. The molecule has 6 heteroatoms. The van der Waals surface area contributed by atoms with Crippen LogP contribution in [0.15, 0.2) is 46.9 Å². The molecule has 0 heterocycles. The third-order valence-corrected chi connectivity index (χ3v) is 4.24. The first-order valence-corrected chi connectivity index (χ1v) is 7.84. The second-order valence-corrected chi connectivity index (χ2v) is 6.03. The van der Waals surface area contributed by atoms with Gasteiger partial charge in [0.05, 0.1) is 15.7 Å². The quantitative estimate of drug-likeness (QED) is 0.750. The first-order valence-electron chi connectivity index (χ1n) is 6.29. The second kappa shape index (κ2) is 7.69. The molecule has 0 spiro atoms. The molecule has 0 bridgehead atoms. The van der Waals surface area contributed by atoms with Crippen LogP contribution in [-0.4, -0.2) is 12.6 Å². The van der Waals surface area contributed by atoms with E-state index in [0.29, 0.717) is 23.0 Å². The molecule has 2 aromatic rings. The molecule has 0 aliphatic heterocycles. The lowest BCUT2D eigenvalue weighted by atomic mass is 10.1. The van der Waals surface area contributed by atoms with Gasteiger partial charge >= 0.3 is 6.03 Å². The minimum absolute atomic E-state index is 0.248. The van der Waals surface area contributed by atoms with Gasteiger partial charge in [-0.2, -0.15) is 0 Å². The Morgan fingerprint density at radius 1 is 1.10 bits per heavy atom. The van der Waals surface area contributed by atoms with Crippen molar-refractivity contribution in [3.8, 4) is 0 Å². The van der Waals surface area contributed by atoms with E-state index in [1.54, 1.807) is 12.1 Å². The van der Waals surface area contributed by atoms with E-state index in [-0.39, 0.29) is 6.03 Å². The number of benzene rings is 2. The van der Waals surface area contributed by atoms with Crippen LogP contribution in [0.2, 0.25) is 10.0 Å². The molecule has 0 unspecified atom stereocenters. The van der Waals surface area contributed by atoms with E-state index in [1.807, 2.05) is 30.3 Å². The van der Waals surface area contributed by atoms with Crippen molar-refractivity contribution >= 4 is 50.9 Å². The first kappa shape index (κ1) is 16.1. The van der Waals surface area contributed by atoms with Gasteiger partial charge in [-0.1, -0.05) is 41.4 Å². The Labute approximate surface area is 141 Å². The number of carbonyl (C=O) groups is 1. The summed E-state index contributed by atoms with van der Waals surface area (Å²) < 4.78 is 0.838. The summed E-state index contributed by atoms with van der Waals surface area (Å²) in [7, 11) is 0. The maximum atomic E-state index is 11.8. The Bertz CT molecular complexity index is 649. The molecule has 0 aliphatic carbocycles. The van der Waals surface area contributed by atoms with Gasteiger partial charge in [-0.05, 0) is 52.2 Å². The minimum atomic E-state index is -0.248. The molecule has 21 heavy (non-hydrogen) atoms. The number of anilines is 1. The van der Waals surface area contributed by atoms with Crippen molar-refractivity contribution in [2.45, 2.75) is 6.42 Å². The molecule has 0 fully saturated rings. The molecule has 2 N–H and O–H groups in total. The van der Waals surface area contributed by atoms with Crippen LogP contribution in [0.3, 0.4) is 0 Å². The SMILES string of the molecule is O=C(NCCc1ccc(Cl)c(Cl)c1)Nc1ccccc1Br. The average Bonchev–Trinajstić information content (AvgIpc) is 2.45. The summed E-state index contributed by atoms with van der Waals surface area (Å²) in [5.74, 6) is 0. The molecule has 2 amide bonds. The summed E-state index contributed by atoms with van der Waals surface area (Å²) in [5, 5.41) is 6.61. The number of carbonyl (C=O) groups excluding carboxylic acids is 1. The highest BCUT2D eigenvalue weighted by atomic mass is 79.9. The van der Waals surface area contributed by atoms with Gasteiger partial charge in [0.1, 0.15) is 0 Å². The number of para-hydroxylation sites is 1. The van der Waals surface area contributed by atoms with Crippen molar-refractivity contribution in [3.05, 3.63) is 62.5 Å². The summed E-state index contributed by atoms with van der Waals surface area (Å²) >= 11 is 15.2. The van der Waals surface area contributed by atoms with Gasteiger partial charge in [-0.15, -0.1) is 0 Å². The predicted octanol–water partition coefficient (Wildman–Crippen LogP) is 5.12. The van der Waals surface area contributed by atoms with Gasteiger partial charge in [-0.3, -0.25) is 0 Å². The van der Waals surface area contributed by atoms with E-state index in [2.05, 4.69) is 26.6 Å². The lowest BCUT2D eigenvalue weighted by Crippen LogP contribution is -2.30. The number of halogens is 3. The summed E-state index contributed by atoms with van der Waals surface area (Å²) in [6.45, 7) is 0.508. The zero-order valence-corrected chi connectivity index (χ0v) is 14.1. The van der Waals surface area contributed by atoms with Crippen LogP contribution in [0.25, 0.3) is 0 Å². The van der Waals surface area contributed by atoms with E-state index in [0.717, 1.165) is 15.7 Å². The Balaban J connectivity index is 1.82. The van der Waals surface area contributed by atoms with Gasteiger partial charge in [0, 0.05) is 11.0 Å². The van der Waals surface area contributed by atoms with Crippen LogP contribution in [0.5, 0.6) is 0 Å². The Kier molecular flexibility index (Phi) is 5.91. The van der Waals surface area contributed by atoms with Crippen LogP contribution in [-0.2, 0) is 6.42 Å². The van der Waals surface area contributed by atoms with E-state index in [1.165, 1.54) is 0 Å². The fourth-order valence-corrected chi connectivity index (χ4v) is 2.45. The van der Waals surface area contributed by atoms with E-state index in [9.17, 15) is 4.79 Å². The van der Waals surface area contributed by atoms with Gasteiger partial charge in [0.25, 0.3) is 0 Å². The Hall–Kier alpha value is -1.23. The highest BCUT2D eigenvalue weighted by molar-refractivity contribution is 9.10. The number of hydrogen-bond donors (Lipinski definition) is 2. The topological polar surface area (TPSA) is 41.1 Å². The maximum Gasteiger partial charge on any atom is 0.319 e. The fourth-order valence-electron chi connectivity index (χ4n) is 1.74. The molecule has 3 nitrogen and oxygen atoms in total. The van der Waals surface area contributed by atoms with E-state index in [4.69, 9.17) is 23.2 Å². The minimum Gasteiger partial charge on any atom is -0.338 e. The highest BCUT2D eigenvalue weighted by Gasteiger charge is 2.04. The molecule has 110 valence electrons. The fraction of sp³-hybridized carbons (Fsp3) is 0.133. The molecule has 0 saturated heterocycles. The third-order valence-electron chi connectivity index (χ3n) is 2.81. The Morgan fingerprint density at radius 2 is 1.86 bits per heavy atom. The molecule has 2 rings (SSSR count). The third kappa shape index (κ3) is 4.92. The highest BCUT2D eigenvalue weighted by Crippen LogP contribution is 2.23. The lowest BCUT2D eigenvalue weighted by Gasteiger charge is -2.09. The van der Waals surface area contributed by atoms with Crippen molar-refractivity contribution in [1.29, 1.82) is 0 Å². The molecule has 0 aliphatic rings. The standard InChI is InChI=1S/C15H13BrCl2N2O/c16-11-3-1-2-4-14(11)20-15(21)19-8-7-10-5-6-12(17)13(18)9-10/h1-6,9H,7-8H2,(H2,19,20,21). The monoisotopic (exact) mass is 386 g/mol.